The van der Waals surface area contributed by atoms with E-state index in [2.05, 4.69) is 33.2 Å². The summed E-state index contributed by atoms with van der Waals surface area (Å²) in [6, 6.07) is 10.5. The highest BCUT2D eigenvalue weighted by Gasteiger charge is 2.11. The van der Waals surface area contributed by atoms with Crippen molar-refractivity contribution in [1.82, 2.24) is 0 Å². The molecule has 0 bridgehead atoms. The first-order chi connectivity index (χ1) is 9.95. The number of amides is 2. The van der Waals surface area contributed by atoms with Crippen LogP contribution in [0.4, 0.5) is 16.2 Å². The molecule has 2 aromatic carbocycles. The summed E-state index contributed by atoms with van der Waals surface area (Å²) in [4.78, 5) is 22.7. The van der Waals surface area contributed by atoms with Crippen LogP contribution in [0.15, 0.2) is 42.5 Å². The predicted molar refractivity (Wildman–Crippen MR) is 86.9 cm³/mol. The molecule has 21 heavy (non-hydrogen) atoms. The summed E-state index contributed by atoms with van der Waals surface area (Å²) in [5, 5.41) is 23.4. The van der Waals surface area contributed by atoms with Crippen molar-refractivity contribution in [3.05, 3.63) is 51.6 Å². The van der Waals surface area contributed by atoms with Gasteiger partial charge in [-0.2, -0.15) is 0 Å². The van der Waals surface area contributed by atoms with Crippen molar-refractivity contribution in [2.45, 2.75) is 0 Å². The zero-order valence-corrected chi connectivity index (χ0v) is 12.8. The molecule has 2 amide bonds. The van der Waals surface area contributed by atoms with E-state index >= 15 is 0 Å². The highest BCUT2D eigenvalue weighted by atomic mass is 127. The number of hydrogen-bond acceptors (Lipinski definition) is 3. The van der Waals surface area contributed by atoms with Crippen LogP contribution in [0.2, 0.25) is 0 Å². The number of halogens is 1. The third-order valence-corrected chi connectivity index (χ3v) is 3.31. The van der Waals surface area contributed by atoms with Crippen molar-refractivity contribution in [3.8, 4) is 5.75 Å². The molecule has 2 aromatic rings. The minimum Gasteiger partial charge on any atom is -0.507 e. The van der Waals surface area contributed by atoms with E-state index in [1.54, 1.807) is 12.1 Å². The molecule has 0 aliphatic heterocycles. The molecule has 108 valence electrons. The maximum absolute atomic E-state index is 11.8. The van der Waals surface area contributed by atoms with Gasteiger partial charge in [-0.15, -0.1) is 0 Å². The summed E-state index contributed by atoms with van der Waals surface area (Å²) in [5.41, 5.74) is 0.612. The molecule has 0 aromatic heterocycles. The molecule has 4 N–H and O–H groups in total. The van der Waals surface area contributed by atoms with Gasteiger partial charge in [0.15, 0.2) is 0 Å². The quantitative estimate of drug-likeness (QED) is 0.471. The molecule has 0 fully saturated rings. The third-order valence-electron chi connectivity index (χ3n) is 2.59. The Labute approximate surface area is 133 Å². The molecule has 0 spiro atoms. The van der Waals surface area contributed by atoms with Gasteiger partial charge < -0.3 is 20.8 Å². The minimum absolute atomic E-state index is 0.271. The van der Waals surface area contributed by atoms with Gasteiger partial charge in [-0.1, -0.05) is 0 Å². The summed E-state index contributed by atoms with van der Waals surface area (Å²) in [5.74, 6) is -1.62. The summed E-state index contributed by atoms with van der Waals surface area (Å²) in [6.07, 6.45) is 0. The van der Waals surface area contributed by atoms with E-state index < -0.39 is 12.0 Å². The van der Waals surface area contributed by atoms with Crippen molar-refractivity contribution in [2.75, 3.05) is 10.6 Å². The first kappa shape index (κ1) is 15.1. The van der Waals surface area contributed by atoms with Gasteiger partial charge in [-0.3, -0.25) is 0 Å². The smallest absolute Gasteiger partial charge is 0.339 e. The summed E-state index contributed by atoms with van der Waals surface area (Å²) >= 11 is 2.15. The molecule has 0 aliphatic carbocycles. The van der Waals surface area contributed by atoms with Crippen molar-refractivity contribution >= 4 is 46.0 Å². The number of anilines is 2. The molecular weight excluding hydrogens is 387 g/mol. The van der Waals surface area contributed by atoms with Gasteiger partial charge in [-0.05, 0) is 65.1 Å². The number of urea groups is 1. The van der Waals surface area contributed by atoms with Crippen LogP contribution in [0.5, 0.6) is 5.75 Å². The maximum atomic E-state index is 11.8. The monoisotopic (exact) mass is 398 g/mol. The molecule has 0 heterocycles. The van der Waals surface area contributed by atoms with E-state index in [4.69, 9.17) is 5.11 Å². The molecule has 0 aliphatic rings. The largest absolute Gasteiger partial charge is 0.507 e. The molecule has 0 radical (unpaired) electrons. The van der Waals surface area contributed by atoms with Crippen LogP contribution in [-0.4, -0.2) is 22.2 Å². The van der Waals surface area contributed by atoms with E-state index in [-0.39, 0.29) is 17.0 Å². The third kappa shape index (κ3) is 4.09. The van der Waals surface area contributed by atoms with E-state index in [9.17, 15) is 14.7 Å². The van der Waals surface area contributed by atoms with Gasteiger partial charge in [0.1, 0.15) is 11.3 Å². The average molecular weight is 398 g/mol. The van der Waals surface area contributed by atoms with Crippen LogP contribution >= 0.6 is 22.6 Å². The number of nitrogens with one attached hydrogen (secondary N) is 2. The Balaban J connectivity index is 2.07. The fourth-order valence-corrected chi connectivity index (χ4v) is 1.97. The topological polar surface area (TPSA) is 98.7 Å². The Kier molecular flexibility index (Phi) is 4.63. The van der Waals surface area contributed by atoms with Crippen molar-refractivity contribution in [3.63, 3.8) is 0 Å². The standard InChI is InChI=1S/C14H11IN2O4/c15-8-1-3-9(4-2-8)16-14(21)17-10-5-6-12(18)11(7-10)13(19)20/h1-7,18H,(H,19,20)(H2,16,17,21). The van der Waals surface area contributed by atoms with Crippen LogP contribution in [-0.2, 0) is 0 Å². The lowest BCUT2D eigenvalue weighted by molar-refractivity contribution is 0.0693. The lowest BCUT2D eigenvalue weighted by atomic mass is 10.2. The number of aromatic carboxylic acids is 1. The lowest BCUT2D eigenvalue weighted by Gasteiger charge is -2.09. The van der Waals surface area contributed by atoms with Crippen LogP contribution < -0.4 is 10.6 Å². The minimum atomic E-state index is -1.27. The maximum Gasteiger partial charge on any atom is 0.339 e. The Bertz CT molecular complexity index is 686. The van der Waals surface area contributed by atoms with Crippen molar-refractivity contribution in [2.24, 2.45) is 0 Å². The van der Waals surface area contributed by atoms with Crippen LogP contribution in [0.25, 0.3) is 0 Å². The number of phenols is 1. The highest BCUT2D eigenvalue weighted by Crippen LogP contribution is 2.21. The second-order valence-corrected chi connectivity index (χ2v) is 5.37. The van der Waals surface area contributed by atoms with Gasteiger partial charge in [0.25, 0.3) is 0 Å². The number of carboxylic acid groups (broad SMARTS) is 1. The number of carbonyl (C=O) groups excluding carboxylic acids is 1. The SMILES string of the molecule is O=C(Nc1ccc(I)cc1)Nc1ccc(O)c(C(=O)O)c1. The predicted octanol–water partition coefficient (Wildman–Crippen LogP) is 3.34. The van der Waals surface area contributed by atoms with Gasteiger partial charge in [0.2, 0.25) is 0 Å². The second kappa shape index (κ2) is 6.44. The number of aromatic hydroxyl groups is 1. The Morgan fingerprint density at radius 3 is 2.14 bits per heavy atom. The normalized spacial score (nSPS) is 9.95. The second-order valence-electron chi connectivity index (χ2n) is 4.12. The fraction of sp³-hybridized carbons (Fsp3) is 0. The molecule has 0 saturated heterocycles. The Morgan fingerprint density at radius 2 is 1.52 bits per heavy atom. The van der Waals surface area contributed by atoms with Crippen LogP contribution in [0.3, 0.4) is 0 Å². The number of carboxylic acids is 1. The van der Waals surface area contributed by atoms with Crippen LogP contribution in [0, 0.1) is 3.57 Å². The van der Waals surface area contributed by atoms with Crippen molar-refractivity contribution < 1.29 is 19.8 Å². The Hall–Kier alpha value is -2.29. The number of benzene rings is 2. The van der Waals surface area contributed by atoms with Crippen molar-refractivity contribution in [1.29, 1.82) is 0 Å². The van der Waals surface area contributed by atoms with Gasteiger partial charge in [-0.25, -0.2) is 9.59 Å². The number of rotatable bonds is 3. The molecule has 0 atom stereocenters. The molecule has 7 heteroatoms. The average Bonchev–Trinajstić information content (AvgIpc) is 2.43. The molecule has 6 nitrogen and oxygen atoms in total. The molecular formula is C14H11IN2O4. The van der Waals surface area contributed by atoms with E-state index in [1.807, 2.05) is 12.1 Å². The highest BCUT2D eigenvalue weighted by molar-refractivity contribution is 14.1. The first-order valence-corrected chi connectivity index (χ1v) is 6.93. The zero-order valence-electron chi connectivity index (χ0n) is 10.6. The van der Waals surface area contributed by atoms with E-state index in [0.29, 0.717) is 5.69 Å². The summed E-state index contributed by atoms with van der Waals surface area (Å²) < 4.78 is 1.04. The number of hydrogen-bond donors (Lipinski definition) is 4. The molecule has 0 unspecified atom stereocenters. The zero-order chi connectivity index (χ0) is 15.4. The van der Waals surface area contributed by atoms with Crippen LogP contribution in [0.1, 0.15) is 10.4 Å². The Morgan fingerprint density at radius 1 is 0.952 bits per heavy atom. The summed E-state index contributed by atoms with van der Waals surface area (Å²) in [7, 11) is 0. The van der Waals surface area contributed by atoms with E-state index in [0.717, 1.165) is 3.57 Å². The first-order valence-electron chi connectivity index (χ1n) is 5.85. The van der Waals surface area contributed by atoms with Gasteiger partial charge in [0.05, 0.1) is 0 Å². The lowest BCUT2D eigenvalue weighted by Crippen LogP contribution is -2.19. The number of carbonyl (C=O) groups is 2. The fourth-order valence-electron chi connectivity index (χ4n) is 1.61. The van der Waals surface area contributed by atoms with E-state index in [1.165, 1.54) is 18.2 Å². The summed E-state index contributed by atoms with van der Waals surface area (Å²) in [6.45, 7) is 0. The van der Waals surface area contributed by atoms with Gasteiger partial charge >= 0.3 is 12.0 Å². The molecule has 2 rings (SSSR count). The van der Waals surface area contributed by atoms with Gasteiger partial charge in [0, 0.05) is 14.9 Å². The molecule has 0 saturated carbocycles.